The first kappa shape index (κ1) is 19.2. The molecule has 0 aliphatic rings. The Kier molecular flexibility index (Phi) is 5.79. The number of methoxy groups -OCH3 is 2. The summed E-state index contributed by atoms with van der Waals surface area (Å²) in [6, 6.07) is 18.5. The molecule has 28 heavy (non-hydrogen) atoms. The number of ether oxygens (including phenoxy) is 2. The van der Waals surface area contributed by atoms with Gasteiger partial charge in [-0.25, -0.2) is 4.98 Å². The molecule has 0 saturated carbocycles. The van der Waals surface area contributed by atoms with Gasteiger partial charge in [-0.1, -0.05) is 18.2 Å². The number of benzene rings is 2. The quantitative estimate of drug-likeness (QED) is 0.701. The number of pyridine rings is 1. The van der Waals surface area contributed by atoms with Crippen molar-refractivity contribution in [2.45, 2.75) is 0 Å². The zero-order valence-corrected chi connectivity index (χ0v) is 16.4. The maximum Gasteiger partial charge on any atom is 0.259 e. The molecule has 1 N–H and O–H groups in total. The van der Waals surface area contributed by atoms with Crippen LogP contribution in [0.2, 0.25) is 0 Å². The van der Waals surface area contributed by atoms with Crippen molar-refractivity contribution >= 4 is 17.4 Å². The summed E-state index contributed by atoms with van der Waals surface area (Å²) in [6.45, 7) is 0. The highest BCUT2D eigenvalue weighted by molar-refractivity contribution is 6.07. The second-order valence-electron chi connectivity index (χ2n) is 6.38. The summed E-state index contributed by atoms with van der Waals surface area (Å²) >= 11 is 0. The molecule has 6 nitrogen and oxygen atoms in total. The average molecular weight is 377 g/mol. The summed E-state index contributed by atoms with van der Waals surface area (Å²) in [5.74, 6) is 1.78. The topological polar surface area (TPSA) is 63.7 Å². The molecular weight excluding hydrogens is 354 g/mol. The number of carbonyl (C=O) groups is 1. The third-order valence-corrected chi connectivity index (χ3v) is 4.24. The van der Waals surface area contributed by atoms with E-state index in [0.29, 0.717) is 22.8 Å². The lowest BCUT2D eigenvalue weighted by Gasteiger charge is -2.17. The van der Waals surface area contributed by atoms with Crippen molar-refractivity contribution in [3.63, 3.8) is 0 Å². The second-order valence-corrected chi connectivity index (χ2v) is 6.38. The Hall–Kier alpha value is -3.54. The minimum atomic E-state index is -0.235. The van der Waals surface area contributed by atoms with Crippen LogP contribution >= 0.6 is 0 Å². The third kappa shape index (κ3) is 4.23. The highest BCUT2D eigenvalue weighted by atomic mass is 16.5. The minimum absolute atomic E-state index is 0.235. The molecule has 3 rings (SSSR count). The van der Waals surface area contributed by atoms with Crippen molar-refractivity contribution < 1.29 is 14.3 Å². The number of nitrogens with zero attached hydrogens (tertiary/aromatic N) is 2. The van der Waals surface area contributed by atoms with Gasteiger partial charge in [0.1, 0.15) is 17.3 Å². The monoisotopic (exact) mass is 377 g/mol. The lowest BCUT2D eigenvalue weighted by Crippen LogP contribution is -2.20. The maximum atomic E-state index is 12.8. The minimum Gasteiger partial charge on any atom is -0.497 e. The van der Waals surface area contributed by atoms with Crippen LogP contribution in [0.5, 0.6) is 11.5 Å². The molecule has 144 valence electrons. The van der Waals surface area contributed by atoms with Crippen molar-refractivity contribution in [2.75, 3.05) is 38.5 Å². The molecule has 0 radical (unpaired) electrons. The lowest BCUT2D eigenvalue weighted by molar-refractivity contribution is 0.102. The van der Waals surface area contributed by atoms with E-state index < -0.39 is 0 Å². The van der Waals surface area contributed by atoms with Gasteiger partial charge >= 0.3 is 0 Å². The summed E-state index contributed by atoms with van der Waals surface area (Å²) in [6.07, 6.45) is 0. The molecule has 0 aliphatic heterocycles. The van der Waals surface area contributed by atoms with Gasteiger partial charge in [0.15, 0.2) is 0 Å². The highest BCUT2D eigenvalue weighted by Crippen LogP contribution is 2.27. The van der Waals surface area contributed by atoms with Gasteiger partial charge in [0.05, 0.1) is 25.5 Å². The fourth-order valence-electron chi connectivity index (χ4n) is 2.81. The molecule has 6 heteroatoms. The first-order valence-electron chi connectivity index (χ1n) is 8.80. The van der Waals surface area contributed by atoms with Gasteiger partial charge in [-0.15, -0.1) is 0 Å². The molecule has 1 heterocycles. The van der Waals surface area contributed by atoms with Crippen molar-refractivity contribution in [2.24, 2.45) is 0 Å². The Morgan fingerprint density at radius 3 is 2.29 bits per heavy atom. The zero-order valence-electron chi connectivity index (χ0n) is 16.4. The number of anilines is 2. The molecule has 1 amide bonds. The molecular formula is C22H23N3O3. The number of aromatic nitrogens is 1. The number of hydrogen-bond donors (Lipinski definition) is 1. The van der Waals surface area contributed by atoms with Crippen molar-refractivity contribution in [3.8, 4) is 22.8 Å². The molecule has 0 bridgehead atoms. The fraction of sp³-hybridized carbons (Fsp3) is 0.182. The maximum absolute atomic E-state index is 12.8. The smallest absolute Gasteiger partial charge is 0.259 e. The van der Waals surface area contributed by atoms with Crippen LogP contribution in [0.1, 0.15) is 10.4 Å². The largest absolute Gasteiger partial charge is 0.497 e. The predicted molar refractivity (Wildman–Crippen MR) is 111 cm³/mol. The molecule has 1 aromatic heterocycles. The van der Waals surface area contributed by atoms with E-state index in [-0.39, 0.29) is 5.91 Å². The van der Waals surface area contributed by atoms with Crippen LogP contribution in [0.3, 0.4) is 0 Å². The summed E-state index contributed by atoms with van der Waals surface area (Å²) in [4.78, 5) is 19.4. The molecule has 0 fully saturated rings. The van der Waals surface area contributed by atoms with E-state index in [0.717, 1.165) is 17.0 Å². The fourth-order valence-corrected chi connectivity index (χ4v) is 2.81. The molecule has 0 spiro atoms. The Balaban J connectivity index is 1.93. The lowest BCUT2D eigenvalue weighted by atomic mass is 10.1. The molecule has 2 aromatic carbocycles. The van der Waals surface area contributed by atoms with Gasteiger partial charge < -0.3 is 19.7 Å². The van der Waals surface area contributed by atoms with Crippen LogP contribution in [0.15, 0.2) is 60.7 Å². The van der Waals surface area contributed by atoms with Crippen molar-refractivity contribution in [1.82, 2.24) is 4.98 Å². The van der Waals surface area contributed by atoms with Crippen LogP contribution in [0, 0.1) is 0 Å². The summed E-state index contributed by atoms with van der Waals surface area (Å²) in [5, 5.41) is 2.90. The van der Waals surface area contributed by atoms with E-state index in [1.807, 2.05) is 67.5 Å². The summed E-state index contributed by atoms with van der Waals surface area (Å²) in [5.41, 5.74) is 2.83. The molecule has 0 atom stereocenters. The Morgan fingerprint density at radius 2 is 1.61 bits per heavy atom. The van der Waals surface area contributed by atoms with Crippen LogP contribution < -0.4 is 19.7 Å². The number of carbonyl (C=O) groups excluding carboxylic acids is 1. The van der Waals surface area contributed by atoms with Gasteiger partial charge in [-0.2, -0.15) is 0 Å². The number of hydrogen-bond acceptors (Lipinski definition) is 5. The summed E-state index contributed by atoms with van der Waals surface area (Å²) < 4.78 is 10.5. The van der Waals surface area contributed by atoms with E-state index in [1.165, 1.54) is 0 Å². The first-order chi connectivity index (χ1) is 13.5. The molecule has 0 saturated heterocycles. The SMILES string of the molecule is COc1cccc(NC(=O)c2ccc(-c3cccc(OC)c3)nc2N(C)C)c1. The molecule has 3 aromatic rings. The standard InChI is InChI=1S/C22H23N3O3/c1-25(2)21-19(22(26)23-16-8-6-10-18(14-16)28-4)11-12-20(24-21)15-7-5-9-17(13-15)27-3/h5-14H,1-4H3,(H,23,26). The van der Waals surface area contributed by atoms with Crippen LogP contribution in [0.25, 0.3) is 11.3 Å². The van der Waals surface area contributed by atoms with Gasteiger partial charge in [-0.05, 0) is 36.4 Å². The van der Waals surface area contributed by atoms with E-state index >= 15 is 0 Å². The van der Waals surface area contributed by atoms with Gasteiger partial charge in [0, 0.05) is 31.4 Å². The van der Waals surface area contributed by atoms with E-state index in [9.17, 15) is 4.79 Å². The number of amides is 1. The van der Waals surface area contributed by atoms with E-state index in [2.05, 4.69) is 5.32 Å². The molecule has 0 aliphatic carbocycles. The average Bonchev–Trinajstić information content (AvgIpc) is 2.73. The normalized spacial score (nSPS) is 10.3. The van der Waals surface area contributed by atoms with Crippen LogP contribution in [-0.2, 0) is 0 Å². The Morgan fingerprint density at radius 1 is 0.929 bits per heavy atom. The van der Waals surface area contributed by atoms with E-state index in [1.54, 1.807) is 26.4 Å². The van der Waals surface area contributed by atoms with Crippen LogP contribution in [-0.4, -0.2) is 39.2 Å². The van der Waals surface area contributed by atoms with E-state index in [4.69, 9.17) is 14.5 Å². The third-order valence-electron chi connectivity index (χ3n) is 4.24. The second kappa shape index (κ2) is 8.43. The predicted octanol–water partition coefficient (Wildman–Crippen LogP) is 4.08. The first-order valence-corrected chi connectivity index (χ1v) is 8.80. The van der Waals surface area contributed by atoms with Crippen molar-refractivity contribution in [1.29, 1.82) is 0 Å². The number of rotatable bonds is 6. The molecule has 0 unspecified atom stereocenters. The zero-order chi connectivity index (χ0) is 20.1. The van der Waals surface area contributed by atoms with Crippen LogP contribution in [0.4, 0.5) is 11.5 Å². The Labute approximate surface area is 164 Å². The van der Waals surface area contributed by atoms with Gasteiger partial charge in [-0.3, -0.25) is 4.79 Å². The summed E-state index contributed by atoms with van der Waals surface area (Å²) in [7, 11) is 6.94. The van der Waals surface area contributed by atoms with Gasteiger partial charge in [0.2, 0.25) is 0 Å². The van der Waals surface area contributed by atoms with Gasteiger partial charge in [0.25, 0.3) is 5.91 Å². The highest BCUT2D eigenvalue weighted by Gasteiger charge is 2.16. The van der Waals surface area contributed by atoms with Crippen molar-refractivity contribution in [3.05, 3.63) is 66.2 Å². The Bertz CT molecular complexity index is 986. The number of nitrogens with one attached hydrogen (secondary N) is 1.